The van der Waals surface area contributed by atoms with Gasteiger partial charge in [0.2, 0.25) is 17.6 Å². The van der Waals surface area contributed by atoms with Gasteiger partial charge in [0.15, 0.2) is 0 Å². The van der Waals surface area contributed by atoms with Crippen molar-refractivity contribution in [1.82, 2.24) is 20.0 Å². The first-order valence-corrected chi connectivity index (χ1v) is 9.91. The van der Waals surface area contributed by atoms with Crippen LogP contribution in [0.15, 0.2) is 53.3 Å². The standard InChI is InChI=1S/C22H24N4O3/c1-28-18-6-4-5-16(15-18)8-9-20(27)26-14-3-2-7-19(26)22-24-21(25-29-22)17-10-12-23-13-11-17/h4-6,10-13,15,19H,2-3,7-9,14H2,1H3/t19-/m0/s1. The number of likely N-dealkylation sites (tertiary alicyclic amines) is 1. The summed E-state index contributed by atoms with van der Waals surface area (Å²) in [5.74, 6) is 1.95. The lowest BCUT2D eigenvalue weighted by Crippen LogP contribution is -2.38. The van der Waals surface area contributed by atoms with Crippen molar-refractivity contribution in [2.45, 2.75) is 38.1 Å². The lowest BCUT2D eigenvalue weighted by Gasteiger charge is -2.33. The first-order chi connectivity index (χ1) is 14.2. The molecular formula is C22H24N4O3. The Balaban J connectivity index is 1.46. The molecule has 7 nitrogen and oxygen atoms in total. The Labute approximate surface area is 169 Å². The van der Waals surface area contributed by atoms with Crippen molar-refractivity contribution < 1.29 is 14.1 Å². The van der Waals surface area contributed by atoms with E-state index in [4.69, 9.17) is 9.26 Å². The summed E-state index contributed by atoms with van der Waals surface area (Å²) in [4.78, 5) is 23.5. The maximum atomic E-state index is 13.0. The Hall–Kier alpha value is -3.22. The molecule has 1 amide bonds. The van der Waals surface area contributed by atoms with Crippen molar-refractivity contribution in [2.24, 2.45) is 0 Å². The number of amides is 1. The molecule has 0 saturated carbocycles. The van der Waals surface area contributed by atoms with Crippen LogP contribution in [0.5, 0.6) is 5.75 Å². The highest BCUT2D eigenvalue weighted by Crippen LogP contribution is 2.31. The highest BCUT2D eigenvalue weighted by Gasteiger charge is 2.32. The van der Waals surface area contributed by atoms with Gasteiger partial charge in [-0.15, -0.1) is 0 Å². The predicted molar refractivity (Wildman–Crippen MR) is 107 cm³/mol. The summed E-state index contributed by atoms with van der Waals surface area (Å²) in [5, 5.41) is 4.10. The normalized spacial score (nSPS) is 16.6. The van der Waals surface area contributed by atoms with E-state index in [9.17, 15) is 4.79 Å². The average Bonchev–Trinajstić information content (AvgIpc) is 3.28. The van der Waals surface area contributed by atoms with Crippen LogP contribution in [0.25, 0.3) is 11.4 Å². The van der Waals surface area contributed by atoms with Crippen molar-refractivity contribution in [2.75, 3.05) is 13.7 Å². The van der Waals surface area contributed by atoms with E-state index in [1.165, 1.54) is 0 Å². The van der Waals surface area contributed by atoms with Crippen LogP contribution in [0, 0.1) is 0 Å². The molecule has 1 fully saturated rings. The maximum absolute atomic E-state index is 13.0. The summed E-state index contributed by atoms with van der Waals surface area (Å²) in [6.45, 7) is 0.717. The second-order valence-electron chi connectivity index (χ2n) is 7.14. The number of carbonyl (C=O) groups excluding carboxylic acids is 1. The first-order valence-electron chi connectivity index (χ1n) is 9.91. The molecule has 1 aliphatic rings. The molecule has 0 radical (unpaired) electrons. The minimum Gasteiger partial charge on any atom is -0.497 e. The molecule has 29 heavy (non-hydrogen) atoms. The van der Waals surface area contributed by atoms with Gasteiger partial charge in [-0.2, -0.15) is 4.98 Å². The third-order valence-electron chi connectivity index (χ3n) is 5.25. The molecule has 150 valence electrons. The Morgan fingerprint density at radius 2 is 2.10 bits per heavy atom. The van der Waals surface area contributed by atoms with Gasteiger partial charge in [-0.1, -0.05) is 17.3 Å². The zero-order valence-corrected chi connectivity index (χ0v) is 16.5. The summed E-state index contributed by atoms with van der Waals surface area (Å²) in [5.41, 5.74) is 1.94. The van der Waals surface area contributed by atoms with Crippen LogP contribution in [0.3, 0.4) is 0 Å². The number of hydrogen-bond acceptors (Lipinski definition) is 6. The zero-order valence-electron chi connectivity index (χ0n) is 16.5. The third-order valence-corrected chi connectivity index (χ3v) is 5.25. The Morgan fingerprint density at radius 3 is 2.93 bits per heavy atom. The molecule has 1 atom stereocenters. The molecule has 3 heterocycles. The number of ether oxygens (including phenoxy) is 1. The Bertz CT molecular complexity index is 957. The molecule has 0 N–H and O–H groups in total. The minimum absolute atomic E-state index is 0.112. The van der Waals surface area contributed by atoms with Gasteiger partial charge < -0.3 is 14.2 Å². The maximum Gasteiger partial charge on any atom is 0.249 e. The average molecular weight is 392 g/mol. The van der Waals surface area contributed by atoms with Gasteiger partial charge in [-0.3, -0.25) is 9.78 Å². The zero-order chi connectivity index (χ0) is 20.1. The van der Waals surface area contributed by atoms with Crippen molar-refractivity contribution >= 4 is 5.91 Å². The van der Waals surface area contributed by atoms with Crippen molar-refractivity contribution in [3.63, 3.8) is 0 Å². The monoisotopic (exact) mass is 392 g/mol. The summed E-state index contributed by atoms with van der Waals surface area (Å²) < 4.78 is 10.8. The van der Waals surface area contributed by atoms with E-state index in [0.717, 1.165) is 36.1 Å². The molecule has 1 aromatic carbocycles. The van der Waals surface area contributed by atoms with Crippen LogP contribution >= 0.6 is 0 Å². The SMILES string of the molecule is COc1cccc(CCC(=O)N2CCCC[C@H]2c2nc(-c3ccncc3)no2)c1. The molecule has 2 aromatic heterocycles. The fraction of sp³-hybridized carbons (Fsp3) is 0.364. The second kappa shape index (κ2) is 8.86. The van der Waals surface area contributed by atoms with E-state index in [-0.39, 0.29) is 11.9 Å². The lowest BCUT2D eigenvalue weighted by atomic mass is 10.0. The third kappa shape index (κ3) is 4.45. The van der Waals surface area contributed by atoms with Crippen molar-refractivity contribution in [3.05, 3.63) is 60.2 Å². The number of hydrogen-bond donors (Lipinski definition) is 0. The topological polar surface area (TPSA) is 81.4 Å². The number of benzene rings is 1. The highest BCUT2D eigenvalue weighted by atomic mass is 16.5. The highest BCUT2D eigenvalue weighted by molar-refractivity contribution is 5.77. The number of aryl methyl sites for hydroxylation is 1. The van der Waals surface area contributed by atoms with Gasteiger partial charge in [-0.25, -0.2) is 0 Å². The molecule has 4 rings (SSSR count). The smallest absolute Gasteiger partial charge is 0.249 e. The number of pyridine rings is 1. The van der Waals surface area contributed by atoms with Crippen LogP contribution in [-0.4, -0.2) is 39.6 Å². The number of carbonyl (C=O) groups is 1. The Kier molecular flexibility index (Phi) is 5.84. The number of nitrogens with zero attached hydrogens (tertiary/aromatic N) is 4. The van der Waals surface area contributed by atoms with Gasteiger partial charge in [0.25, 0.3) is 0 Å². The van der Waals surface area contributed by atoms with E-state index in [2.05, 4.69) is 15.1 Å². The van der Waals surface area contributed by atoms with Crippen LogP contribution in [0.1, 0.15) is 43.2 Å². The molecule has 1 saturated heterocycles. The fourth-order valence-corrected chi connectivity index (χ4v) is 3.70. The largest absolute Gasteiger partial charge is 0.497 e. The van der Waals surface area contributed by atoms with Crippen LogP contribution in [0.4, 0.5) is 0 Å². The summed E-state index contributed by atoms with van der Waals surface area (Å²) in [6, 6.07) is 11.4. The molecule has 7 heteroatoms. The number of aromatic nitrogens is 3. The number of piperidine rings is 1. The molecule has 1 aliphatic heterocycles. The van der Waals surface area contributed by atoms with Gasteiger partial charge in [0.05, 0.1) is 7.11 Å². The van der Waals surface area contributed by atoms with E-state index >= 15 is 0 Å². The van der Waals surface area contributed by atoms with Crippen LogP contribution in [0.2, 0.25) is 0 Å². The molecule has 0 bridgehead atoms. The minimum atomic E-state index is -0.162. The van der Waals surface area contributed by atoms with Crippen LogP contribution in [-0.2, 0) is 11.2 Å². The molecule has 0 spiro atoms. The summed E-state index contributed by atoms with van der Waals surface area (Å²) >= 11 is 0. The predicted octanol–water partition coefficient (Wildman–Crippen LogP) is 3.83. The van der Waals surface area contributed by atoms with Crippen molar-refractivity contribution in [1.29, 1.82) is 0 Å². The summed E-state index contributed by atoms with van der Waals surface area (Å²) in [7, 11) is 1.65. The first kappa shape index (κ1) is 19.1. The van der Waals surface area contributed by atoms with Gasteiger partial charge in [0.1, 0.15) is 11.8 Å². The van der Waals surface area contributed by atoms with Gasteiger partial charge in [-0.05, 0) is 55.5 Å². The van der Waals surface area contributed by atoms with Gasteiger partial charge in [0, 0.05) is 30.9 Å². The van der Waals surface area contributed by atoms with E-state index in [1.54, 1.807) is 19.5 Å². The Morgan fingerprint density at radius 1 is 1.24 bits per heavy atom. The van der Waals surface area contributed by atoms with Crippen molar-refractivity contribution in [3.8, 4) is 17.1 Å². The summed E-state index contributed by atoms with van der Waals surface area (Å²) in [6.07, 6.45) is 7.37. The fourth-order valence-electron chi connectivity index (χ4n) is 3.70. The molecule has 0 unspecified atom stereocenters. The molecule has 0 aliphatic carbocycles. The number of rotatable bonds is 6. The number of methoxy groups -OCH3 is 1. The van der Waals surface area contributed by atoms with E-state index < -0.39 is 0 Å². The van der Waals surface area contributed by atoms with E-state index in [1.807, 2.05) is 41.3 Å². The molecular weight excluding hydrogens is 368 g/mol. The second-order valence-corrected chi connectivity index (χ2v) is 7.14. The van der Waals surface area contributed by atoms with E-state index in [0.29, 0.717) is 31.1 Å². The van der Waals surface area contributed by atoms with Crippen LogP contribution < -0.4 is 4.74 Å². The molecule has 3 aromatic rings. The van der Waals surface area contributed by atoms with Gasteiger partial charge >= 0.3 is 0 Å². The quantitative estimate of drug-likeness (QED) is 0.634. The lowest BCUT2D eigenvalue weighted by molar-refractivity contribution is -0.135.